The van der Waals surface area contributed by atoms with Crippen LogP contribution in [-0.4, -0.2) is 68.1 Å². The molecule has 0 bridgehead atoms. The molecule has 0 aliphatic carbocycles. The molecule has 0 atom stereocenters. The molecule has 0 spiro atoms. The topological polar surface area (TPSA) is 44.8 Å². The van der Waals surface area contributed by atoms with Crippen molar-refractivity contribution in [1.29, 1.82) is 0 Å². The van der Waals surface area contributed by atoms with Crippen LogP contribution in [-0.2, 0) is 4.79 Å². The number of rotatable bonds is 11. The van der Waals surface area contributed by atoms with Gasteiger partial charge in [-0.3, -0.25) is 4.79 Å². The Bertz CT molecular complexity index is 473. The summed E-state index contributed by atoms with van der Waals surface area (Å²) in [7, 11) is 0. The van der Waals surface area contributed by atoms with Crippen LogP contribution in [0.4, 0.5) is 0 Å². The van der Waals surface area contributed by atoms with Gasteiger partial charge in [-0.15, -0.1) is 0 Å². The number of benzene rings is 1. The summed E-state index contributed by atoms with van der Waals surface area (Å²) in [5.74, 6) is 0.890. The van der Waals surface area contributed by atoms with Crippen molar-refractivity contribution in [3.05, 3.63) is 30.3 Å². The summed E-state index contributed by atoms with van der Waals surface area (Å²) in [4.78, 5) is 16.8. The molecule has 1 N–H and O–H groups in total. The average Bonchev–Trinajstić information content (AvgIpc) is 2.66. The average molecular weight is 348 g/mol. The third kappa shape index (κ3) is 8.36. The molecule has 1 aromatic rings. The normalized spacial score (nSPS) is 15.9. The first-order valence-electron chi connectivity index (χ1n) is 9.67. The smallest absolute Gasteiger partial charge is 0.223 e. The van der Waals surface area contributed by atoms with Crippen molar-refractivity contribution >= 4 is 5.91 Å². The molecule has 0 aromatic heterocycles. The number of likely N-dealkylation sites (N-methyl/N-ethyl adjacent to an activating group) is 1. The van der Waals surface area contributed by atoms with E-state index in [0.717, 1.165) is 18.7 Å². The zero-order valence-electron chi connectivity index (χ0n) is 15.6. The van der Waals surface area contributed by atoms with Crippen LogP contribution in [0.1, 0.15) is 32.6 Å². The fourth-order valence-corrected chi connectivity index (χ4v) is 3.06. The maximum absolute atomic E-state index is 11.8. The van der Waals surface area contributed by atoms with Gasteiger partial charge in [-0.2, -0.15) is 0 Å². The second-order valence-corrected chi connectivity index (χ2v) is 6.60. The molecule has 0 unspecified atom stereocenters. The highest BCUT2D eigenvalue weighted by Gasteiger charge is 2.14. The fraction of sp³-hybridized carbons (Fsp3) is 0.650. The molecule has 1 amide bonds. The first kappa shape index (κ1) is 19.7. The van der Waals surface area contributed by atoms with Gasteiger partial charge >= 0.3 is 0 Å². The number of piperazine rings is 1. The van der Waals surface area contributed by atoms with Crippen LogP contribution in [0, 0.1) is 0 Å². The van der Waals surface area contributed by atoms with Crippen LogP contribution < -0.4 is 10.1 Å². The van der Waals surface area contributed by atoms with Gasteiger partial charge in [0.15, 0.2) is 0 Å². The number of para-hydroxylation sites is 1. The maximum Gasteiger partial charge on any atom is 0.223 e. The number of ether oxygens (including phenoxy) is 1. The highest BCUT2D eigenvalue weighted by molar-refractivity contribution is 5.75. The molecular formula is C20H33N3O2. The van der Waals surface area contributed by atoms with Crippen LogP contribution in [0.2, 0.25) is 0 Å². The Morgan fingerprint density at radius 3 is 2.48 bits per heavy atom. The standard InChI is InChI=1S/C20H33N3O2/c1-2-22-14-16-23(17-15-22)13-8-4-7-12-21-20(24)11-18-25-19-9-5-3-6-10-19/h3,5-6,9-10H,2,4,7-8,11-18H2,1H3,(H,21,24). The summed E-state index contributed by atoms with van der Waals surface area (Å²) in [6.45, 7) is 10.6. The minimum Gasteiger partial charge on any atom is -0.493 e. The van der Waals surface area contributed by atoms with Gasteiger partial charge in [-0.1, -0.05) is 31.5 Å². The number of carbonyl (C=O) groups excluding carboxylic acids is 1. The van der Waals surface area contributed by atoms with Crippen LogP contribution in [0.5, 0.6) is 5.75 Å². The van der Waals surface area contributed by atoms with Gasteiger partial charge in [0.1, 0.15) is 5.75 Å². The van der Waals surface area contributed by atoms with Crippen LogP contribution >= 0.6 is 0 Å². The van der Waals surface area contributed by atoms with E-state index < -0.39 is 0 Å². The lowest BCUT2D eigenvalue weighted by atomic mass is 10.2. The fourth-order valence-electron chi connectivity index (χ4n) is 3.06. The third-order valence-corrected chi connectivity index (χ3v) is 4.73. The summed E-state index contributed by atoms with van der Waals surface area (Å²) in [6.07, 6.45) is 3.87. The number of amides is 1. The quantitative estimate of drug-likeness (QED) is 0.624. The van der Waals surface area contributed by atoms with Gasteiger partial charge in [-0.25, -0.2) is 0 Å². The van der Waals surface area contributed by atoms with Gasteiger partial charge in [0.05, 0.1) is 13.0 Å². The molecule has 1 heterocycles. The Hall–Kier alpha value is -1.59. The molecule has 5 nitrogen and oxygen atoms in total. The first-order chi connectivity index (χ1) is 12.3. The summed E-state index contributed by atoms with van der Waals surface area (Å²) < 4.78 is 5.53. The SMILES string of the molecule is CCN1CCN(CCCCCNC(=O)CCOc2ccccc2)CC1. The Morgan fingerprint density at radius 1 is 1.04 bits per heavy atom. The van der Waals surface area contributed by atoms with E-state index >= 15 is 0 Å². The van der Waals surface area contributed by atoms with Gasteiger partial charge < -0.3 is 19.9 Å². The van der Waals surface area contributed by atoms with Crippen molar-refractivity contribution in [3.8, 4) is 5.75 Å². The summed E-state index contributed by atoms with van der Waals surface area (Å²) in [5.41, 5.74) is 0. The molecule has 25 heavy (non-hydrogen) atoms. The van der Waals surface area contributed by atoms with E-state index in [1.165, 1.54) is 52.1 Å². The number of hydrogen-bond donors (Lipinski definition) is 1. The number of nitrogens with one attached hydrogen (secondary N) is 1. The predicted octanol–water partition coefficient (Wildman–Crippen LogP) is 2.38. The van der Waals surface area contributed by atoms with Crippen molar-refractivity contribution < 1.29 is 9.53 Å². The lowest BCUT2D eigenvalue weighted by Gasteiger charge is -2.33. The molecule has 0 radical (unpaired) electrons. The van der Waals surface area contributed by atoms with E-state index in [1.54, 1.807) is 0 Å². The highest BCUT2D eigenvalue weighted by Crippen LogP contribution is 2.08. The van der Waals surface area contributed by atoms with E-state index in [1.807, 2.05) is 30.3 Å². The molecule has 1 fully saturated rings. The number of carbonyl (C=O) groups is 1. The van der Waals surface area contributed by atoms with E-state index in [9.17, 15) is 4.79 Å². The van der Waals surface area contributed by atoms with Crippen LogP contribution in [0.3, 0.4) is 0 Å². The molecule has 1 saturated heterocycles. The van der Waals surface area contributed by atoms with Crippen molar-refractivity contribution in [2.24, 2.45) is 0 Å². The molecular weight excluding hydrogens is 314 g/mol. The number of unbranched alkanes of at least 4 members (excludes halogenated alkanes) is 2. The van der Waals surface area contributed by atoms with Gasteiger partial charge in [0, 0.05) is 32.7 Å². The monoisotopic (exact) mass is 347 g/mol. The molecule has 140 valence electrons. The van der Waals surface area contributed by atoms with E-state index in [4.69, 9.17) is 4.74 Å². The van der Waals surface area contributed by atoms with Gasteiger partial charge in [0.25, 0.3) is 0 Å². The molecule has 2 rings (SSSR count). The largest absolute Gasteiger partial charge is 0.493 e. The Morgan fingerprint density at radius 2 is 1.76 bits per heavy atom. The zero-order valence-corrected chi connectivity index (χ0v) is 15.6. The lowest BCUT2D eigenvalue weighted by molar-refractivity contribution is -0.121. The lowest BCUT2D eigenvalue weighted by Crippen LogP contribution is -2.46. The molecule has 5 heteroatoms. The van der Waals surface area contributed by atoms with Crippen LogP contribution in [0.25, 0.3) is 0 Å². The molecule has 1 aliphatic rings. The second kappa shape index (κ2) is 11.9. The third-order valence-electron chi connectivity index (χ3n) is 4.73. The van der Waals surface area contributed by atoms with Crippen molar-refractivity contribution in [2.45, 2.75) is 32.6 Å². The number of nitrogens with zero attached hydrogens (tertiary/aromatic N) is 2. The van der Waals surface area contributed by atoms with Gasteiger partial charge in [0.2, 0.25) is 5.91 Å². The van der Waals surface area contributed by atoms with Crippen molar-refractivity contribution in [1.82, 2.24) is 15.1 Å². The molecule has 1 aliphatic heterocycles. The molecule has 1 aromatic carbocycles. The van der Waals surface area contributed by atoms with E-state index in [-0.39, 0.29) is 5.91 Å². The van der Waals surface area contributed by atoms with E-state index in [0.29, 0.717) is 13.0 Å². The minimum absolute atomic E-state index is 0.0756. The van der Waals surface area contributed by atoms with Crippen molar-refractivity contribution in [3.63, 3.8) is 0 Å². The van der Waals surface area contributed by atoms with Crippen molar-refractivity contribution in [2.75, 3.05) is 52.4 Å². The summed E-state index contributed by atoms with van der Waals surface area (Å²) >= 11 is 0. The first-order valence-corrected chi connectivity index (χ1v) is 9.67. The summed E-state index contributed by atoms with van der Waals surface area (Å²) in [6, 6.07) is 9.61. The highest BCUT2D eigenvalue weighted by atomic mass is 16.5. The number of hydrogen-bond acceptors (Lipinski definition) is 4. The van der Waals surface area contributed by atoms with Crippen LogP contribution in [0.15, 0.2) is 30.3 Å². The maximum atomic E-state index is 11.8. The van der Waals surface area contributed by atoms with Gasteiger partial charge in [-0.05, 0) is 38.1 Å². The Labute approximate surface area is 152 Å². The van der Waals surface area contributed by atoms with E-state index in [2.05, 4.69) is 22.0 Å². The second-order valence-electron chi connectivity index (χ2n) is 6.60. The molecule has 0 saturated carbocycles. The Kier molecular flexibility index (Phi) is 9.37. The Balaban J connectivity index is 1.40. The minimum atomic E-state index is 0.0756. The zero-order chi connectivity index (χ0) is 17.7. The summed E-state index contributed by atoms with van der Waals surface area (Å²) in [5, 5.41) is 2.98. The predicted molar refractivity (Wildman–Crippen MR) is 102 cm³/mol.